The van der Waals surface area contributed by atoms with Gasteiger partial charge in [0.1, 0.15) is 19.3 Å². The number of esters is 1. The Morgan fingerprint density at radius 2 is 0.939 bits per heavy atom. The molecule has 0 saturated carbocycles. The average molecular weight is 721 g/mol. The molecule has 0 aliphatic carbocycles. The minimum atomic E-state index is -4.26. The third-order valence-electron chi connectivity index (χ3n) is 9.17. The summed E-state index contributed by atoms with van der Waals surface area (Å²) in [5.74, 6) is -0.309. The van der Waals surface area contributed by atoms with Gasteiger partial charge in [-0.05, 0) is 12.8 Å². The minimum Gasteiger partial charge on any atom is -0.457 e. The van der Waals surface area contributed by atoms with Gasteiger partial charge in [-0.25, -0.2) is 4.57 Å². The van der Waals surface area contributed by atoms with E-state index in [0.29, 0.717) is 24.1 Å². The van der Waals surface area contributed by atoms with Crippen molar-refractivity contribution >= 4 is 13.8 Å². The molecule has 0 aromatic heterocycles. The lowest BCUT2D eigenvalue weighted by atomic mass is 10.0. The van der Waals surface area contributed by atoms with Crippen molar-refractivity contribution in [2.45, 2.75) is 200 Å². The van der Waals surface area contributed by atoms with Gasteiger partial charge in [0.25, 0.3) is 0 Å². The normalized spacial score (nSPS) is 13.8. The van der Waals surface area contributed by atoms with Crippen LogP contribution in [0.1, 0.15) is 194 Å². The lowest BCUT2D eigenvalue weighted by Gasteiger charge is -2.24. The molecule has 0 aromatic carbocycles. The van der Waals surface area contributed by atoms with E-state index in [4.69, 9.17) is 18.5 Å². The Balaban J connectivity index is 4.22. The summed E-state index contributed by atoms with van der Waals surface area (Å²) in [5, 5.41) is 0. The number of ether oxygens (including phenoxy) is 2. The second-order valence-corrected chi connectivity index (χ2v) is 16.8. The van der Waals surface area contributed by atoms with E-state index in [9.17, 15) is 14.3 Å². The van der Waals surface area contributed by atoms with E-state index in [0.717, 1.165) is 32.1 Å². The molecular formula is C40H83NO7P+. The van der Waals surface area contributed by atoms with Crippen molar-refractivity contribution < 1.29 is 37.3 Å². The summed E-state index contributed by atoms with van der Waals surface area (Å²) < 4.78 is 34.9. The second-order valence-electron chi connectivity index (χ2n) is 15.4. The van der Waals surface area contributed by atoms with Crippen molar-refractivity contribution in [2.24, 2.45) is 0 Å². The standard InChI is InChI=1S/C40H82NO7P/c1-6-8-10-12-14-16-18-20-21-22-23-25-27-29-31-33-40(42)48-39(38-47-49(43,44)46-36-34-41(3,4)5)37-45-35-32-30-28-26-24-19-17-15-13-11-9-7-2/h39H,6-38H2,1-5H3/p+1. The molecule has 1 N–H and O–H groups in total. The number of likely N-dealkylation sites (N-methyl/N-ethyl adjacent to an activating group) is 1. The SMILES string of the molecule is CCCCCCCCCCCCCCCCCC(=O)OC(COCCCCCCCCCCCCCC)COP(=O)(O)OCC[N+](C)(C)C. The van der Waals surface area contributed by atoms with Gasteiger partial charge >= 0.3 is 13.8 Å². The number of quaternary nitrogens is 1. The first kappa shape index (κ1) is 48.5. The molecule has 49 heavy (non-hydrogen) atoms. The molecular weight excluding hydrogens is 637 g/mol. The van der Waals surface area contributed by atoms with Crippen molar-refractivity contribution in [1.82, 2.24) is 0 Å². The van der Waals surface area contributed by atoms with Crippen molar-refractivity contribution in [3.05, 3.63) is 0 Å². The summed E-state index contributed by atoms with van der Waals surface area (Å²) in [4.78, 5) is 22.8. The first-order chi connectivity index (χ1) is 23.6. The number of rotatable bonds is 39. The van der Waals surface area contributed by atoms with Crippen LogP contribution in [0.25, 0.3) is 0 Å². The highest BCUT2D eigenvalue weighted by Gasteiger charge is 2.26. The number of carbonyl (C=O) groups is 1. The Kier molecular flexibility index (Phi) is 34.2. The summed E-state index contributed by atoms with van der Waals surface area (Å²) in [6, 6.07) is 0. The van der Waals surface area contributed by atoms with Crippen LogP contribution in [0.5, 0.6) is 0 Å². The molecule has 0 aliphatic heterocycles. The van der Waals surface area contributed by atoms with E-state index in [-0.39, 0.29) is 25.8 Å². The zero-order valence-corrected chi connectivity index (χ0v) is 34.1. The largest absolute Gasteiger partial charge is 0.472 e. The quantitative estimate of drug-likeness (QED) is 0.0292. The van der Waals surface area contributed by atoms with Gasteiger partial charge in [-0.3, -0.25) is 13.8 Å². The van der Waals surface area contributed by atoms with Gasteiger partial charge in [-0.2, -0.15) is 0 Å². The number of phosphoric ester groups is 1. The predicted molar refractivity (Wildman–Crippen MR) is 206 cm³/mol. The minimum absolute atomic E-state index is 0.0936. The monoisotopic (exact) mass is 721 g/mol. The maximum Gasteiger partial charge on any atom is 0.472 e. The van der Waals surface area contributed by atoms with Crippen LogP contribution in [-0.2, 0) is 27.9 Å². The van der Waals surface area contributed by atoms with Crippen LogP contribution in [0.2, 0.25) is 0 Å². The summed E-state index contributed by atoms with van der Waals surface area (Å²) in [6.07, 6.45) is 34.0. The van der Waals surface area contributed by atoms with Crippen LogP contribution in [0.15, 0.2) is 0 Å². The predicted octanol–water partition coefficient (Wildman–Crippen LogP) is 11.7. The van der Waals surface area contributed by atoms with Crippen molar-refractivity contribution in [3.8, 4) is 0 Å². The number of unbranched alkanes of at least 4 members (excludes halogenated alkanes) is 25. The molecule has 2 unspecified atom stereocenters. The molecule has 0 amide bonds. The maximum atomic E-state index is 12.6. The topological polar surface area (TPSA) is 91.3 Å². The third kappa shape index (κ3) is 38.6. The lowest BCUT2D eigenvalue weighted by Crippen LogP contribution is -2.37. The zero-order chi connectivity index (χ0) is 36.3. The van der Waals surface area contributed by atoms with Crippen LogP contribution in [0.3, 0.4) is 0 Å². The van der Waals surface area contributed by atoms with Gasteiger partial charge in [-0.1, -0.05) is 174 Å². The van der Waals surface area contributed by atoms with Crippen molar-refractivity contribution in [2.75, 3.05) is 54.1 Å². The highest BCUT2D eigenvalue weighted by Crippen LogP contribution is 2.43. The van der Waals surface area contributed by atoms with Gasteiger partial charge in [0, 0.05) is 13.0 Å². The van der Waals surface area contributed by atoms with Crippen LogP contribution in [0.4, 0.5) is 0 Å². The van der Waals surface area contributed by atoms with Crippen LogP contribution < -0.4 is 0 Å². The van der Waals surface area contributed by atoms with Gasteiger partial charge in [-0.15, -0.1) is 0 Å². The summed E-state index contributed by atoms with van der Waals surface area (Å²) in [6.45, 7) is 5.66. The molecule has 0 aliphatic rings. The zero-order valence-electron chi connectivity index (χ0n) is 33.2. The Morgan fingerprint density at radius 3 is 1.35 bits per heavy atom. The van der Waals surface area contributed by atoms with Crippen LogP contribution in [0, 0.1) is 0 Å². The van der Waals surface area contributed by atoms with E-state index < -0.39 is 13.9 Å². The van der Waals surface area contributed by atoms with Crippen LogP contribution in [-0.4, -0.2) is 75.6 Å². The highest BCUT2D eigenvalue weighted by atomic mass is 31.2. The Hall–Kier alpha value is -0.500. The maximum absolute atomic E-state index is 12.6. The van der Waals surface area contributed by atoms with Crippen molar-refractivity contribution in [3.63, 3.8) is 0 Å². The van der Waals surface area contributed by atoms with E-state index in [1.807, 2.05) is 21.1 Å². The number of hydrogen-bond acceptors (Lipinski definition) is 6. The molecule has 8 nitrogen and oxygen atoms in total. The number of carbonyl (C=O) groups excluding carboxylic acids is 1. The highest BCUT2D eigenvalue weighted by molar-refractivity contribution is 7.47. The molecule has 0 radical (unpaired) electrons. The van der Waals surface area contributed by atoms with E-state index in [2.05, 4.69) is 13.8 Å². The number of phosphoric acid groups is 1. The van der Waals surface area contributed by atoms with E-state index >= 15 is 0 Å². The molecule has 0 spiro atoms. The number of nitrogens with zero attached hydrogens (tertiary/aromatic N) is 1. The lowest BCUT2D eigenvalue weighted by molar-refractivity contribution is -0.870. The first-order valence-electron chi connectivity index (χ1n) is 20.8. The molecule has 0 rings (SSSR count). The smallest absolute Gasteiger partial charge is 0.457 e. The Morgan fingerprint density at radius 1 is 0.551 bits per heavy atom. The summed E-state index contributed by atoms with van der Waals surface area (Å²) in [7, 11) is 1.68. The number of hydrogen-bond donors (Lipinski definition) is 1. The van der Waals surface area contributed by atoms with Crippen LogP contribution >= 0.6 is 7.82 Å². The van der Waals surface area contributed by atoms with Gasteiger partial charge < -0.3 is 18.9 Å². The molecule has 0 bridgehead atoms. The fourth-order valence-electron chi connectivity index (χ4n) is 5.91. The van der Waals surface area contributed by atoms with E-state index in [1.165, 1.54) is 141 Å². The van der Waals surface area contributed by atoms with Gasteiger partial charge in [0.2, 0.25) is 0 Å². The molecule has 9 heteroatoms. The third-order valence-corrected chi connectivity index (χ3v) is 10.2. The van der Waals surface area contributed by atoms with E-state index in [1.54, 1.807) is 0 Å². The summed E-state index contributed by atoms with van der Waals surface area (Å²) in [5.41, 5.74) is 0. The molecule has 0 aromatic rings. The molecule has 0 heterocycles. The Labute approximate surface area is 304 Å². The summed E-state index contributed by atoms with van der Waals surface area (Å²) >= 11 is 0. The molecule has 294 valence electrons. The molecule has 0 fully saturated rings. The van der Waals surface area contributed by atoms with Gasteiger partial charge in [0.05, 0.1) is 34.4 Å². The molecule has 0 saturated heterocycles. The average Bonchev–Trinajstić information content (AvgIpc) is 3.04. The van der Waals surface area contributed by atoms with Gasteiger partial charge in [0.15, 0.2) is 0 Å². The fourth-order valence-corrected chi connectivity index (χ4v) is 6.65. The fraction of sp³-hybridized carbons (Fsp3) is 0.975. The molecule has 2 atom stereocenters. The second kappa shape index (κ2) is 34.6. The first-order valence-corrected chi connectivity index (χ1v) is 22.3. The van der Waals surface area contributed by atoms with Crippen molar-refractivity contribution in [1.29, 1.82) is 0 Å². The Bertz CT molecular complexity index is 761.